The standard InChI is InChI=1S/C17H15F4N3O3/c18-12-4-3-11(17(19,20)21)10-13(12)22-16(26)24-7-5-23(6-8-24)15(25)14-2-1-9-27-14/h1-4,9-10H,5-8H2,(H,22,26). The van der Waals surface area contributed by atoms with Crippen LogP contribution in [0.2, 0.25) is 0 Å². The van der Waals surface area contributed by atoms with Crippen LogP contribution in [0.1, 0.15) is 16.1 Å². The van der Waals surface area contributed by atoms with Gasteiger partial charge in [0.1, 0.15) is 5.82 Å². The van der Waals surface area contributed by atoms with Crippen LogP contribution in [-0.2, 0) is 6.18 Å². The molecule has 0 atom stereocenters. The van der Waals surface area contributed by atoms with Gasteiger partial charge in [0.2, 0.25) is 0 Å². The maximum Gasteiger partial charge on any atom is 0.416 e. The lowest BCUT2D eigenvalue weighted by atomic mass is 10.2. The average Bonchev–Trinajstić information content (AvgIpc) is 3.16. The van der Waals surface area contributed by atoms with Gasteiger partial charge in [-0.15, -0.1) is 0 Å². The fourth-order valence-corrected chi connectivity index (χ4v) is 2.66. The lowest BCUT2D eigenvalue weighted by Crippen LogP contribution is -2.51. The van der Waals surface area contributed by atoms with Crippen molar-refractivity contribution in [1.82, 2.24) is 9.80 Å². The Morgan fingerprint density at radius 1 is 1.04 bits per heavy atom. The third kappa shape index (κ3) is 4.21. The number of anilines is 1. The molecule has 10 heteroatoms. The number of alkyl halides is 3. The van der Waals surface area contributed by atoms with E-state index in [1.807, 2.05) is 0 Å². The van der Waals surface area contributed by atoms with Gasteiger partial charge in [0.15, 0.2) is 5.76 Å². The average molecular weight is 385 g/mol. The molecule has 144 valence electrons. The molecule has 1 saturated heterocycles. The molecule has 0 aliphatic carbocycles. The van der Waals surface area contributed by atoms with E-state index in [4.69, 9.17) is 4.42 Å². The number of benzene rings is 1. The van der Waals surface area contributed by atoms with Crippen LogP contribution in [0.3, 0.4) is 0 Å². The molecule has 1 aromatic carbocycles. The van der Waals surface area contributed by atoms with E-state index in [0.717, 1.165) is 0 Å². The number of rotatable bonds is 2. The lowest BCUT2D eigenvalue weighted by molar-refractivity contribution is -0.137. The van der Waals surface area contributed by atoms with Gasteiger partial charge in [-0.3, -0.25) is 4.79 Å². The van der Waals surface area contributed by atoms with Crippen molar-refractivity contribution < 1.29 is 31.6 Å². The highest BCUT2D eigenvalue weighted by Crippen LogP contribution is 2.31. The van der Waals surface area contributed by atoms with Crippen LogP contribution in [0, 0.1) is 5.82 Å². The fraction of sp³-hybridized carbons (Fsp3) is 0.294. The number of furan rings is 1. The normalized spacial score (nSPS) is 15.0. The van der Waals surface area contributed by atoms with Gasteiger partial charge in [-0.05, 0) is 30.3 Å². The summed E-state index contributed by atoms with van der Waals surface area (Å²) in [5.41, 5.74) is -1.61. The first-order chi connectivity index (χ1) is 12.8. The summed E-state index contributed by atoms with van der Waals surface area (Å²) < 4.78 is 57.0. The molecule has 6 nitrogen and oxygen atoms in total. The third-order valence-electron chi connectivity index (χ3n) is 4.12. The predicted octanol–water partition coefficient (Wildman–Crippen LogP) is 3.43. The Bertz CT molecular complexity index is 828. The number of piperazine rings is 1. The molecule has 1 aromatic heterocycles. The third-order valence-corrected chi connectivity index (χ3v) is 4.12. The van der Waals surface area contributed by atoms with E-state index in [0.29, 0.717) is 18.2 Å². The molecule has 3 rings (SSSR count). The van der Waals surface area contributed by atoms with Gasteiger partial charge in [0.25, 0.3) is 5.91 Å². The molecule has 0 saturated carbocycles. The van der Waals surface area contributed by atoms with E-state index in [-0.39, 0.29) is 37.8 Å². The summed E-state index contributed by atoms with van der Waals surface area (Å²) in [6.45, 7) is 0.744. The number of urea groups is 1. The lowest BCUT2D eigenvalue weighted by Gasteiger charge is -2.34. The Balaban J connectivity index is 1.61. The Hall–Kier alpha value is -3.04. The van der Waals surface area contributed by atoms with Gasteiger partial charge in [-0.2, -0.15) is 13.2 Å². The number of nitrogens with zero attached hydrogens (tertiary/aromatic N) is 2. The van der Waals surface area contributed by atoms with Crippen molar-refractivity contribution in [2.75, 3.05) is 31.5 Å². The summed E-state index contributed by atoms with van der Waals surface area (Å²) in [6, 6.07) is 4.17. The number of carbonyl (C=O) groups is 2. The Morgan fingerprint density at radius 3 is 2.30 bits per heavy atom. The zero-order valence-electron chi connectivity index (χ0n) is 13.9. The van der Waals surface area contributed by atoms with Crippen molar-refractivity contribution in [3.8, 4) is 0 Å². The highest BCUT2D eigenvalue weighted by molar-refractivity contribution is 5.92. The second-order valence-electron chi connectivity index (χ2n) is 5.88. The SMILES string of the molecule is O=C(Nc1cc(C(F)(F)F)ccc1F)N1CCN(C(=O)c2ccco2)CC1. The van der Waals surface area contributed by atoms with E-state index in [9.17, 15) is 27.2 Å². The van der Waals surface area contributed by atoms with Gasteiger partial charge in [0.05, 0.1) is 17.5 Å². The minimum atomic E-state index is -4.65. The summed E-state index contributed by atoms with van der Waals surface area (Å²) in [5.74, 6) is -1.11. The number of hydrogen-bond acceptors (Lipinski definition) is 3. The first-order valence-electron chi connectivity index (χ1n) is 8.01. The first-order valence-corrected chi connectivity index (χ1v) is 8.01. The molecule has 2 heterocycles. The second kappa shape index (κ2) is 7.29. The van der Waals surface area contributed by atoms with Crippen LogP contribution in [0.4, 0.5) is 28.0 Å². The molecule has 3 amide bonds. The molecule has 0 spiro atoms. The molecule has 0 radical (unpaired) electrons. The van der Waals surface area contributed by atoms with E-state index >= 15 is 0 Å². The van der Waals surface area contributed by atoms with E-state index in [1.165, 1.54) is 22.1 Å². The van der Waals surface area contributed by atoms with Crippen LogP contribution in [0.5, 0.6) is 0 Å². The molecule has 1 aliphatic heterocycles. The number of nitrogens with one attached hydrogen (secondary N) is 1. The summed E-state index contributed by atoms with van der Waals surface area (Å²) >= 11 is 0. The minimum absolute atomic E-state index is 0.152. The van der Waals surface area contributed by atoms with Crippen LogP contribution >= 0.6 is 0 Å². The molecule has 1 aliphatic rings. The smallest absolute Gasteiger partial charge is 0.416 e. The van der Waals surface area contributed by atoms with Crippen molar-refractivity contribution >= 4 is 17.6 Å². The van der Waals surface area contributed by atoms with E-state index in [2.05, 4.69) is 5.32 Å². The molecule has 0 bridgehead atoms. The van der Waals surface area contributed by atoms with Gasteiger partial charge < -0.3 is 19.5 Å². The van der Waals surface area contributed by atoms with Crippen molar-refractivity contribution in [2.24, 2.45) is 0 Å². The second-order valence-corrected chi connectivity index (χ2v) is 5.88. The van der Waals surface area contributed by atoms with E-state index in [1.54, 1.807) is 6.07 Å². The number of amides is 3. The molecule has 27 heavy (non-hydrogen) atoms. The molecule has 0 unspecified atom stereocenters. The number of hydrogen-bond donors (Lipinski definition) is 1. The zero-order chi connectivity index (χ0) is 19.6. The number of halogens is 4. The van der Waals surface area contributed by atoms with E-state index < -0.39 is 29.3 Å². The fourth-order valence-electron chi connectivity index (χ4n) is 2.66. The molecular weight excluding hydrogens is 370 g/mol. The maximum absolute atomic E-state index is 13.7. The summed E-state index contributed by atoms with van der Waals surface area (Å²) in [4.78, 5) is 27.2. The van der Waals surface area contributed by atoms with Crippen LogP contribution in [-0.4, -0.2) is 47.9 Å². The van der Waals surface area contributed by atoms with Crippen molar-refractivity contribution in [2.45, 2.75) is 6.18 Å². The molecule has 2 aromatic rings. The molecule has 1 fully saturated rings. The summed E-state index contributed by atoms with van der Waals surface area (Å²) in [6.07, 6.45) is -3.27. The topological polar surface area (TPSA) is 65.8 Å². The summed E-state index contributed by atoms with van der Waals surface area (Å²) in [7, 11) is 0. The van der Waals surface area contributed by atoms with Crippen molar-refractivity contribution in [1.29, 1.82) is 0 Å². The van der Waals surface area contributed by atoms with Crippen molar-refractivity contribution in [3.05, 3.63) is 53.7 Å². The Morgan fingerprint density at radius 2 is 1.70 bits per heavy atom. The van der Waals surface area contributed by atoms with Gasteiger partial charge in [0, 0.05) is 26.2 Å². The predicted molar refractivity (Wildman–Crippen MR) is 86.6 cm³/mol. The van der Waals surface area contributed by atoms with Crippen LogP contribution in [0.25, 0.3) is 0 Å². The highest BCUT2D eigenvalue weighted by Gasteiger charge is 2.32. The maximum atomic E-state index is 13.7. The van der Waals surface area contributed by atoms with Gasteiger partial charge in [-0.1, -0.05) is 0 Å². The Kier molecular flexibility index (Phi) is 5.06. The quantitative estimate of drug-likeness (QED) is 0.806. The minimum Gasteiger partial charge on any atom is -0.459 e. The molecule has 1 N–H and O–H groups in total. The van der Waals surface area contributed by atoms with Gasteiger partial charge >= 0.3 is 12.2 Å². The zero-order valence-corrected chi connectivity index (χ0v) is 13.9. The number of carbonyl (C=O) groups excluding carboxylic acids is 2. The largest absolute Gasteiger partial charge is 0.459 e. The highest BCUT2D eigenvalue weighted by atomic mass is 19.4. The first kappa shape index (κ1) is 18.7. The van der Waals surface area contributed by atoms with Gasteiger partial charge in [-0.25, -0.2) is 9.18 Å². The Labute approximate surface area is 151 Å². The molecular formula is C17H15F4N3O3. The monoisotopic (exact) mass is 385 g/mol. The van der Waals surface area contributed by atoms with Crippen LogP contribution in [0.15, 0.2) is 41.0 Å². The van der Waals surface area contributed by atoms with Crippen LogP contribution < -0.4 is 5.32 Å². The summed E-state index contributed by atoms with van der Waals surface area (Å²) in [5, 5.41) is 2.15. The van der Waals surface area contributed by atoms with Crippen molar-refractivity contribution in [3.63, 3.8) is 0 Å².